The summed E-state index contributed by atoms with van der Waals surface area (Å²) in [5.74, 6) is 0.536. The van der Waals surface area contributed by atoms with Crippen molar-refractivity contribution < 1.29 is 14.3 Å². The number of nitrogens with zero attached hydrogens (tertiary/aromatic N) is 2. The van der Waals surface area contributed by atoms with E-state index in [2.05, 4.69) is 4.98 Å². The Morgan fingerprint density at radius 3 is 2.89 bits per heavy atom. The fourth-order valence-electron chi connectivity index (χ4n) is 2.19. The summed E-state index contributed by atoms with van der Waals surface area (Å²) >= 11 is 0. The van der Waals surface area contributed by atoms with Gasteiger partial charge in [-0.05, 0) is 12.1 Å². The van der Waals surface area contributed by atoms with Crippen LogP contribution in [0.25, 0.3) is 11.3 Å². The smallest absolute Gasteiger partial charge is 0.229 e. The summed E-state index contributed by atoms with van der Waals surface area (Å²) < 4.78 is 5.27. The SMILES string of the molecule is O=C1CC(O)CN1c1ccccc1-c1cnco1. The number of carbonyl (C=O) groups excluding carboxylic acids is 1. The van der Waals surface area contributed by atoms with E-state index in [9.17, 15) is 9.90 Å². The average Bonchev–Trinajstić information content (AvgIpc) is 2.99. The largest absolute Gasteiger partial charge is 0.443 e. The third-order valence-corrected chi connectivity index (χ3v) is 3.00. The minimum Gasteiger partial charge on any atom is -0.443 e. The van der Waals surface area contributed by atoms with Crippen LogP contribution in [0.1, 0.15) is 6.42 Å². The van der Waals surface area contributed by atoms with E-state index in [1.165, 1.54) is 6.39 Å². The molecule has 1 atom stereocenters. The number of benzene rings is 1. The van der Waals surface area contributed by atoms with Crippen molar-refractivity contribution in [2.24, 2.45) is 0 Å². The molecular formula is C13H12N2O3. The Morgan fingerprint density at radius 2 is 2.22 bits per heavy atom. The molecule has 1 aliphatic rings. The van der Waals surface area contributed by atoms with E-state index >= 15 is 0 Å². The molecule has 1 aromatic carbocycles. The van der Waals surface area contributed by atoms with Crippen LogP contribution < -0.4 is 4.90 Å². The molecule has 2 aromatic rings. The Hall–Kier alpha value is -2.14. The number of para-hydroxylation sites is 1. The minimum atomic E-state index is -0.597. The van der Waals surface area contributed by atoms with E-state index in [0.717, 1.165) is 11.3 Å². The number of aliphatic hydroxyl groups excluding tert-OH is 1. The fourth-order valence-corrected chi connectivity index (χ4v) is 2.19. The zero-order valence-corrected chi connectivity index (χ0v) is 9.61. The summed E-state index contributed by atoms with van der Waals surface area (Å²) in [7, 11) is 0. The van der Waals surface area contributed by atoms with Gasteiger partial charge >= 0.3 is 0 Å². The van der Waals surface area contributed by atoms with Gasteiger partial charge in [0.2, 0.25) is 5.91 Å². The lowest BCUT2D eigenvalue weighted by Gasteiger charge is -2.18. The minimum absolute atomic E-state index is 0.0746. The van der Waals surface area contributed by atoms with Crippen molar-refractivity contribution in [3.8, 4) is 11.3 Å². The number of rotatable bonds is 2. The number of anilines is 1. The fraction of sp³-hybridized carbons (Fsp3) is 0.231. The van der Waals surface area contributed by atoms with Crippen LogP contribution in [0.2, 0.25) is 0 Å². The molecule has 1 unspecified atom stereocenters. The van der Waals surface area contributed by atoms with E-state index in [0.29, 0.717) is 12.3 Å². The highest BCUT2D eigenvalue weighted by atomic mass is 16.3. The van der Waals surface area contributed by atoms with Gasteiger partial charge in [-0.25, -0.2) is 4.98 Å². The van der Waals surface area contributed by atoms with Gasteiger partial charge in [-0.1, -0.05) is 12.1 Å². The van der Waals surface area contributed by atoms with Crippen molar-refractivity contribution in [2.75, 3.05) is 11.4 Å². The van der Waals surface area contributed by atoms with Crippen LogP contribution in [0.5, 0.6) is 0 Å². The standard InChI is InChI=1S/C13H12N2O3/c16-9-5-13(17)15(7-9)11-4-2-1-3-10(11)12-6-14-8-18-12/h1-4,6,8-9,16H,5,7H2. The third kappa shape index (κ3) is 1.78. The van der Waals surface area contributed by atoms with E-state index in [1.807, 2.05) is 24.3 Å². The summed E-state index contributed by atoms with van der Waals surface area (Å²) in [5.41, 5.74) is 1.55. The van der Waals surface area contributed by atoms with Gasteiger partial charge < -0.3 is 14.4 Å². The van der Waals surface area contributed by atoms with Crippen LogP contribution in [0.15, 0.2) is 41.3 Å². The highest BCUT2D eigenvalue weighted by Gasteiger charge is 2.30. The predicted molar refractivity (Wildman–Crippen MR) is 64.9 cm³/mol. The molecule has 1 aliphatic heterocycles. The lowest BCUT2D eigenvalue weighted by molar-refractivity contribution is -0.117. The molecule has 0 aliphatic carbocycles. The van der Waals surface area contributed by atoms with Crippen molar-refractivity contribution >= 4 is 11.6 Å². The first-order valence-electron chi connectivity index (χ1n) is 5.72. The second-order valence-corrected chi connectivity index (χ2v) is 4.25. The molecule has 0 spiro atoms. The monoisotopic (exact) mass is 244 g/mol. The molecule has 18 heavy (non-hydrogen) atoms. The number of aromatic nitrogens is 1. The highest BCUT2D eigenvalue weighted by Crippen LogP contribution is 2.32. The molecule has 2 heterocycles. The highest BCUT2D eigenvalue weighted by molar-refractivity contribution is 5.99. The Morgan fingerprint density at radius 1 is 1.39 bits per heavy atom. The van der Waals surface area contributed by atoms with Gasteiger partial charge in [-0.3, -0.25) is 4.79 Å². The maximum Gasteiger partial charge on any atom is 0.229 e. The Labute approximate surface area is 104 Å². The molecule has 92 valence electrons. The maximum atomic E-state index is 11.8. The van der Waals surface area contributed by atoms with Crippen molar-refractivity contribution in [3.63, 3.8) is 0 Å². The molecule has 0 radical (unpaired) electrons. The third-order valence-electron chi connectivity index (χ3n) is 3.00. The van der Waals surface area contributed by atoms with Crippen LogP contribution in [-0.2, 0) is 4.79 Å². The van der Waals surface area contributed by atoms with Crippen LogP contribution >= 0.6 is 0 Å². The van der Waals surface area contributed by atoms with Crippen molar-refractivity contribution in [2.45, 2.75) is 12.5 Å². The predicted octanol–water partition coefficient (Wildman–Crippen LogP) is 1.44. The van der Waals surface area contributed by atoms with Crippen LogP contribution in [0.3, 0.4) is 0 Å². The van der Waals surface area contributed by atoms with Crippen molar-refractivity contribution in [1.82, 2.24) is 4.98 Å². The second-order valence-electron chi connectivity index (χ2n) is 4.25. The lowest BCUT2D eigenvalue weighted by Crippen LogP contribution is -2.25. The number of oxazole rings is 1. The molecular weight excluding hydrogens is 232 g/mol. The number of amides is 1. The number of β-amino-alcohol motifs (C(OH)–C–C–N with tert-alkyl or cyclic N) is 1. The molecule has 1 amide bonds. The van der Waals surface area contributed by atoms with Gasteiger partial charge in [0, 0.05) is 5.56 Å². The van der Waals surface area contributed by atoms with Gasteiger partial charge in [0.15, 0.2) is 12.2 Å². The molecule has 1 N–H and O–H groups in total. The molecule has 1 fully saturated rings. The van der Waals surface area contributed by atoms with E-state index < -0.39 is 6.10 Å². The Bertz CT molecular complexity index is 565. The van der Waals surface area contributed by atoms with Crippen LogP contribution in [0, 0.1) is 0 Å². The molecule has 1 saturated heterocycles. The van der Waals surface area contributed by atoms with Gasteiger partial charge in [-0.15, -0.1) is 0 Å². The molecule has 0 bridgehead atoms. The summed E-state index contributed by atoms with van der Waals surface area (Å²) in [6, 6.07) is 7.44. The van der Waals surface area contributed by atoms with E-state index in [4.69, 9.17) is 4.42 Å². The zero-order chi connectivity index (χ0) is 12.5. The number of hydrogen-bond donors (Lipinski definition) is 1. The first-order chi connectivity index (χ1) is 8.75. The topological polar surface area (TPSA) is 66.6 Å². The molecule has 5 heteroatoms. The van der Waals surface area contributed by atoms with Crippen LogP contribution in [0.4, 0.5) is 5.69 Å². The first kappa shape index (κ1) is 11.0. The Kier molecular flexibility index (Phi) is 2.60. The summed E-state index contributed by atoms with van der Waals surface area (Å²) in [6.07, 6.45) is 2.54. The summed E-state index contributed by atoms with van der Waals surface area (Å²) in [5, 5.41) is 9.55. The summed E-state index contributed by atoms with van der Waals surface area (Å²) in [6.45, 7) is 0.323. The average molecular weight is 244 g/mol. The zero-order valence-electron chi connectivity index (χ0n) is 9.61. The first-order valence-corrected chi connectivity index (χ1v) is 5.72. The van der Waals surface area contributed by atoms with E-state index in [1.54, 1.807) is 11.1 Å². The molecule has 3 rings (SSSR count). The molecule has 5 nitrogen and oxygen atoms in total. The normalized spacial score (nSPS) is 19.5. The molecule has 1 aromatic heterocycles. The number of carbonyl (C=O) groups is 1. The van der Waals surface area contributed by atoms with Gasteiger partial charge in [-0.2, -0.15) is 0 Å². The Balaban J connectivity index is 2.05. The summed E-state index contributed by atoms with van der Waals surface area (Å²) in [4.78, 5) is 17.3. The van der Waals surface area contributed by atoms with Gasteiger partial charge in [0.1, 0.15) is 0 Å². The maximum absolute atomic E-state index is 11.8. The van der Waals surface area contributed by atoms with Crippen molar-refractivity contribution in [3.05, 3.63) is 36.9 Å². The van der Waals surface area contributed by atoms with Crippen LogP contribution in [-0.4, -0.2) is 28.6 Å². The second kappa shape index (κ2) is 4.27. The number of aliphatic hydroxyl groups is 1. The number of hydrogen-bond acceptors (Lipinski definition) is 4. The van der Waals surface area contributed by atoms with Gasteiger partial charge in [0.25, 0.3) is 0 Å². The lowest BCUT2D eigenvalue weighted by atomic mass is 10.1. The molecule has 0 saturated carbocycles. The van der Waals surface area contributed by atoms with Crippen molar-refractivity contribution in [1.29, 1.82) is 0 Å². The van der Waals surface area contributed by atoms with Gasteiger partial charge in [0.05, 0.1) is 31.0 Å². The van der Waals surface area contributed by atoms with E-state index in [-0.39, 0.29) is 12.3 Å². The quantitative estimate of drug-likeness (QED) is 0.868.